The molecule has 0 radical (unpaired) electrons. The van der Waals surface area contributed by atoms with Gasteiger partial charge in [-0.1, -0.05) is 22.9 Å². The van der Waals surface area contributed by atoms with Crippen molar-refractivity contribution in [3.8, 4) is 0 Å². The third-order valence-corrected chi connectivity index (χ3v) is 3.49. The molecule has 6 heteroatoms. The van der Waals surface area contributed by atoms with E-state index in [1.165, 1.54) is 0 Å². The molecule has 1 heterocycles. The van der Waals surface area contributed by atoms with Crippen molar-refractivity contribution < 1.29 is 4.79 Å². The lowest BCUT2D eigenvalue weighted by Gasteiger charge is -2.00. The highest BCUT2D eigenvalue weighted by Gasteiger charge is 2.04. The van der Waals surface area contributed by atoms with Crippen LogP contribution in [0.2, 0.25) is 5.02 Å². The molecule has 2 aromatic rings. The number of carbonyl (C=O) groups is 1. The summed E-state index contributed by atoms with van der Waals surface area (Å²) in [7, 11) is 1.63. The molecule has 4 nitrogen and oxygen atoms in total. The summed E-state index contributed by atoms with van der Waals surface area (Å²) in [6.07, 6.45) is 0.438. The van der Waals surface area contributed by atoms with E-state index in [1.54, 1.807) is 18.4 Å². The van der Waals surface area contributed by atoms with Crippen LogP contribution in [0.15, 0.2) is 18.2 Å². The van der Waals surface area contributed by atoms with E-state index >= 15 is 0 Å². The maximum Gasteiger partial charge on any atom is 0.221 e. The lowest BCUT2D eigenvalue weighted by atomic mass is 10.3. The fourth-order valence-electron chi connectivity index (χ4n) is 1.38. The van der Waals surface area contributed by atoms with Crippen LogP contribution in [0.5, 0.6) is 0 Å². The number of anilines is 1. The maximum atomic E-state index is 11.0. The number of nitrogens with zero attached hydrogens (tertiary/aromatic N) is 1. The molecule has 0 aliphatic heterocycles. The minimum atomic E-state index is 0.0154. The molecule has 17 heavy (non-hydrogen) atoms. The number of halogens is 1. The third kappa shape index (κ3) is 3.08. The van der Waals surface area contributed by atoms with Crippen molar-refractivity contribution in [3.63, 3.8) is 0 Å². The van der Waals surface area contributed by atoms with Gasteiger partial charge in [0.2, 0.25) is 5.91 Å². The molecule has 0 aliphatic carbocycles. The Hall–Kier alpha value is -1.33. The second-order valence-electron chi connectivity index (χ2n) is 3.48. The Morgan fingerprint density at radius 2 is 2.35 bits per heavy atom. The summed E-state index contributed by atoms with van der Waals surface area (Å²) < 4.78 is 1.08. The van der Waals surface area contributed by atoms with E-state index < -0.39 is 0 Å². The van der Waals surface area contributed by atoms with Gasteiger partial charge in [0.1, 0.15) is 0 Å². The quantitative estimate of drug-likeness (QED) is 0.897. The molecule has 0 saturated carbocycles. The lowest BCUT2D eigenvalue weighted by Crippen LogP contribution is -2.20. The molecule has 0 atom stereocenters. The number of thiazole rings is 1. The fraction of sp³-hybridized carbons (Fsp3) is 0.273. The summed E-state index contributed by atoms with van der Waals surface area (Å²) in [5, 5.41) is 7.19. The van der Waals surface area contributed by atoms with Crippen LogP contribution in [-0.2, 0) is 4.79 Å². The Balaban J connectivity index is 2.02. The molecular formula is C11H12ClN3OS. The van der Waals surface area contributed by atoms with Gasteiger partial charge in [-0.3, -0.25) is 4.79 Å². The number of benzene rings is 1. The first-order valence-corrected chi connectivity index (χ1v) is 6.39. The zero-order valence-corrected chi connectivity index (χ0v) is 10.9. The standard InChI is InChI=1S/C11H12ClN3OS/c1-13-10(16)4-5-14-11-15-8-6-7(12)2-3-9(8)17-11/h2-3,6H,4-5H2,1H3,(H,13,16)(H,14,15). The third-order valence-electron chi connectivity index (χ3n) is 2.26. The molecular weight excluding hydrogens is 258 g/mol. The van der Waals surface area contributed by atoms with E-state index in [-0.39, 0.29) is 5.91 Å². The smallest absolute Gasteiger partial charge is 0.221 e. The van der Waals surface area contributed by atoms with Crippen molar-refractivity contribution in [1.29, 1.82) is 0 Å². The minimum absolute atomic E-state index is 0.0154. The molecule has 0 unspecified atom stereocenters. The molecule has 0 fully saturated rings. The van der Waals surface area contributed by atoms with Crippen molar-refractivity contribution in [1.82, 2.24) is 10.3 Å². The van der Waals surface area contributed by atoms with Gasteiger partial charge in [0.05, 0.1) is 10.2 Å². The second kappa shape index (κ2) is 5.33. The number of hydrogen-bond donors (Lipinski definition) is 2. The van der Waals surface area contributed by atoms with Crippen molar-refractivity contribution in [2.24, 2.45) is 0 Å². The van der Waals surface area contributed by atoms with Crippen molar-refractivity contribution in [2.75, 3.05) is 18.9 Å². The van der Waals surface area contributed by atoms with Crippen LogP contribution in [0.25, 0.3) is 10.2 Å². The Kier molecular flexibility index (Phi) is 3.81. The Morgan fingerprint density at radius 3 is 3.12 bits per heavy atom. The van der Waals surface area contributed by atoms with Crippen LogP contribution in [0, 0.1) is 0 Å². The lowest BCUT2D eigenvalue weighted by molar-refractivity contribution is -0.120. The first-order chi connectivity index (χ1) is 8.19. The first kappa shape index (κ1) is 12.1. The molecule has 0 aliphatic rings. The summed E-state index contributed by atoms with van der Waals surface area (Å²) in [6.45, 7) is 0.577. The van der Waals surface area contributed by atoms with Crippen LogP contribution in [0.1, 0.15) is 6.42 Å². The first-order valence-electron chi connectivity index (χ1n) is 5.19. The van der Waals surface area contributed by atoms with Gasteiger partial charge >= 0.3 is 0 Å². The minimum Gasteiger partial charge on any atom is -0.361 e. The fourth-order valence-corrected chi connectivity index (χ4v) is 2.42. The Labute approximate surface area is 108 Å². The van der Waals surface area contributed by atoms with Gasteiger partial charge < -0.3 is 10.6 Å². The van der Waals surface area contributed by atoms with E-state index in [4.69, 9.17) is 11.6 Å². The Bertz CT molecular complexity index is 540. The summed E-state index contributed by atoms with van der Waals surface area (Å²) in [5.74, 6) is 0.0154. The maximum absolute atomic E-state index is 11.0. The summed E-state index contributed by atoms with van der Waals surface area (Å²) in [5.41, 5.74) is 0.880. The molecule has 1 aromatic carbocycles. The van der Waals surface area contributed by atoms with E-state index in [0.717, 1.165) is 15.3 Å². The number of aromatic nitrogens is 1. The predicted octanol–water partition coefficient (Wildman–Crippen LogP) is 2.50. The SMILES string of the molecule is CNC(=O)CCNc1nc2cc(Cl)ccc2s1. The largest absolute Gasteiger partial charge is 0.361 e. The molecule has 90 valence electrons. The second-order valence-corrected chi connectivity index (χ2v) is 4.95. The molecule has 2 N–H and O–H groups in total. The highest BCUT2D eigenvalue weighted by Crippen LogP contribution is 2.27. The van der Waals surface area contributed by atoms with Crippen LogP contribution < -0.4 is 10.6 Å². The van der Waals surface area contributed by atoms with E-state index in [1.807, 2.05) is 18.2 Å². The number of hydrogen-bond acceptors (Lipinski definition) is 4. The van der Waals surface area contributed by atoms with Crippen LogP contribution in [-0.4, -0.2) is 24.5 Å². The molecule has 1 amide bonds. The topological polar surface area (TPSA) is 54.0 Å². The zero-order chi connectivity index (χ0) is 12.3. The predicted molar refractivity (Wildman–Crippen MR) is 71.8 cm³/mol. The number of carbonyl (C=O) groups excluding carboxylic acids is 1. The number of nitrogens with one attached hydrogen (secondary N) is 2. The molecule has 2 rings (SSSR count). The van der Waals surface area contributed by atoms with Crippen LogP contribution in [0.3, 0.4) is 0 Å². The molecule has 0 bridgehead atoms. The monoisotopic (exact) mass is 269 g/mol. The summed E-state index contributed by atoms with van der Waals surface area (Å²) in [4.78, 5) is 15.4. The highest BCUT2D eigenvalue weighted by atomic mass is 35.5. The van der Waals surface area contributed by atoms with Gasteiger partial charge in [-0.25, -0.2) is 4.98 Å². The number of rotatable bonds is 4. The van der Waals surface area contributed by atoms with Gasteiger partial charge in [0.15, 0.2) is 5.13 Å². The van der Waals surface area contributed by atoms with Crippen LogP contribution in [0.4, 0.5) is 5.13 Å². The molecule has 0 spiro atoms. The normalized spacial score (nSPS) is 10.5. The average Bonchev–Trinajstić information content (AvgIpc) is 2.70. The number of fused-ring (bicyclic) bond motifs is 1. The van der Waals surface area contributed by atoms with Gasteiger partial charge in [-0.2, -0.15) is 0 Å². The zero-order valence-electron chi connectivity index (χ0n) is 9.29. The van der Waals surface area contributed by atoms with E-state index in [0.29, 0.717) is 18.0 Å². The van der Waals surface area contributed by atoms with E-state index in [9.17, 15) is 4.79 Å². The van der Waals surface area contributed by atoms with Gasteiger partial charge in [0, 0.05) is 25.0 Å². The summed E-state index contributed by atoms with van der Waals surface area (Å²) >= 11 is 7.44. The van der Waals surface area contributed by atoms with E-state index in [2.05, 4.69) is 15.6 Å². The summed E-state index contributed by atoms with van der Waals surface area (Å²) in [6, 6.07) is 5.62. The van der Waals surface area contributed by atoms with Crippen molar-refractivity contribution in [2.45, 2.75) is 6.42 Å². The van der Waals surface area contributed by atoms with Gasteiger partial charge in [-0.15, -0.1) is 0 Å². The van der Waals surface area contributed by atoms with Crippen molar-refractivity contribution >= 4 is 44.2 Å². The van der Waals surface area contributed by atoms with Gasteiger partial charge in [-0.05, 0) is 18.2 Å². The molecule has 0 saturated heterocycles. The Morgan fingerprint density at radius 1 is 1.53 bits per heavy atom. The molecule has 1 aromatic heterocycles. The van der Waals surface area contributed by atoms with Gasteiger partial charge in [0.25, 0.3) is 0 Å². The average molecular weight is 270 g/mol. The van der Waals surface area contributed by atoms with Crippen molar-refractivity contribution in [3.05, 3.63) is 23.2 Å². The van der Waals surface area contributed by atoms with Crippen LogP contribution >= 0.6 is 22.9 Å². The number of amides is 1. The highest BCUT2D eigenvalue weighted by molar-refractivity contribution is 7.22.